The van der Waals surface area contributed by atoms with Crippen LogP contribution in [0.5, 0.6) is 5.75 Å². The van der Waals surface area contributed by atoms with Crippen molar-refractivity contribution in [2.75, 3.05) is 0 Å². The SMILES string of the molecule is C=Cc1cccc(O)c1C=C. The van der Waals surface area contributed by atoms with Crippen molar-refractivity contribution in [1.29, 1.82) is 0 Å². The fraction of sp³-hybridized carbons (Fsp3) is 0. The summed E-state index contributed by atoms with van der Waals surface area (Å²) in [5.41, 5.74) is 1.64. The van der Waals surface area contributed by atoms with Crippen molar-refractivity contribution in [2.24, 2.45) is 0 Å². The molecule has 0 unspecified atom stereocenters. The highest BCUT2D eigenvalue weighted by Crippen LogP contribution is 2.22. The van der Waals surface area contributed by atoms with Crippen LogP contribution in [0.25, 0.3) is 12.2 Å². The van der Waals surface area contributed by atoms with E-state index in [-0.39, 0.29) is 5.75 Å². The molecule has 0 bridgehead atoms. The minimum atomic E-state index is 0.248. The minimum Gasteiger partial charge on any atom is -0.507 e. The first kappa shape index (κ1) is 7.61. The maximum atomic E-state index is 9.30. The third-order valence-electron chi connectivity index (χ3n) is 1.54. The average Bonchev–Trinajstić information content (AvgIpc) is 2.04. The number of phenolic OH excluding ortho intramolecular Hbond substituents is 1. The van der Waals surface area contributed by atoms with Gasteiger partial charge in [-0.25, -0.2) is 0 Å². The molecule has 0 aromatic heterocycles. The Bertz CT molecular complexity index is 287. The summed E-state index contributed by atoms with van der Waals surface area (Å²) in [6.07, 6.45) is 3.31. The fourth-order valence-corrected chi connectivity index (χ4v) is 0.971. The van der Waals surface area contributed by atoms with Gasteiger partial charge in [0.15, 0.2) is 0 Å². The van der Waals surface area contributed by atoms with Crippen LogP contribution in [-0.2, 0) is 0 Å². The second-order valence-electron chi connectivity index (χ2n) is 2.19. The highest BCUT2D eigenvalue weighted by Gasteiger charge is 1.98. The zero-order valence-corrected chi connectivity index (χ0v) is 6.25. The predicted molar refractivity (Wildman–Crippen MR) is 48.3 cm³/mol. The summed E-state index contributed by atoms with van der Waals surface area (Å²) in [4.78, 5) is 0. The van der Waals surface area contributed by atoms with Crippen molar-refractivity contribution in [2.45, 2.75) is 0 Å². The van der Waals surface area contributed by atoms with E-state index in [1.165, 1.54) is 0 Å². The largest absolute Gasteiger partial charge is 0.507 e. The molecule has 0 amide bonds. The lowest BCUT2D eigenvalue weighted by atomic mass is 10.1. The molecule has 1 aromatic carbocycles. The van der Waals surface area contributed by atoms with Crippen LogP contribution < -0.4 is 0 Å². The highest BCUT2D eigenvalue weighted by atomic mass is 16.3. The smallest absolute Gasteiger partial charge is 0.123 e. The van der Waals surface area contributed by atoms with Crippen LogP contribution in [0.1, 0.15) is 11.1 Å². The second kappa shape index (κ2) is 3.06. The van der Waals surface area contributed by atoms with Gasteiger partial charge in [0, 0.05) is 5.56 Å². The molecule has 0 aliphatic carbocycles. The van der Waals surface area contributed by atoms with Gasteiger partial charge in [0.2, 0.25) is 0 Å². The molecule has 11 heavy (non-hydrogen) atoms. The van der Waals surface area contributed by atoms with Crippen molar-refractivity contribution < 1.29 is 5.11 Å². The van der Waals surface area contributed by atoms with Gasteiger partial charge in [0.05, 0.1) is 0 Å². The summed E-state index contributed by atoms with van der Waals surface area (Å²) in [6.45, 7) is 7.21. The maximum Gasteiger partial charge on any atom is 0.123 e. The number of hydrogen-bond acceptors (Lipinski definition) is 1. The van der Waals surface area contributed by atoms with Crippen molar-refractivity contribution in [3.05, 3.63) is 42.5 Å². The van der Waals surface area contributed by atoms with Crippen LogP contribution in [0, 0.1) is 0 Å². The fourth-order valence-electron chi connectivity index (χ4n) is 0.971. The van der Waals surface area contributed by atoms with E-state index in [0.717, 1.165) is 11.1 Å². The molecule has 0 saturated heterocycles. The van der Waals surface area contributed by atoms with E-state index in [1.54, 1.807) is 24.3 Å². The Morgan fingerprint density at radius 1 is 1.18 bits per heavy atom. The summed E-state index contributed by atoms with van der Waals surface area (Å²) in [5.74, 6) is 0.248. The molecule has 0 heterocycles. The van der Waals surface area contributed by atoms with Crippen LogP contribution in [0.15, 0.2) is 31.4 Å². The first-order valence-electron chi connectivity index (χ1n) is 3.36. The molecule has 0 radical (unpaired) electrons. The molecule has 0 aliphatic rings. The van der Waals surface area contributed by atoms with E-state index in [1.807, 2.05) is 6.07 Å². The van der Waals surface area contributed by atoms with Crippen molar-refractivity contribution in [1.82, 2.24) is 0 Å². The Kier molecular flexibility index (Phi) is 2.12. The van der Waals surface area contributed by atoms with Crippen LogP contribution >= 0.6 is 0 Å². The summed E-state index contributed by atoms with van der Waals surface area (Å²) >= 11 is 0. The Morgan fingerprint density at radius 2 is 1.91 bits per heavy atom. The molecule has 1 heteroatoms. The Hall–Kier alpha value is -1.50. The molecular weight excluding hydrogens is 136 g/mol. The number of rotatable bonds is 2. The Balaban J connectivity index is 3.35. The first-order valence-corrected chi connectivity index (χ1v) is 3.36. The van der Waals surface area contributed by atoms with Gasteiger partial charge in [-0.15, -0.1) is 0 Å². The zero-order chi connectivity index (χ0) is 8.27. The first-order chi connectivity index (χ1) is 5.29. The van der Waals surface area contributed by atoms with Gasteiger partial charge in [-0.2, -0.15) is 0 Å². The zero-order valence-electron chi connectivity index (χ0n) is 6.25. The third kappa shape index (κ3) is 1.32. The van der Waals surface area contributed by atoms with Gasteiger partial charge >= 0.3 is 0 Å². The standard InChI is InChI=1S/C10H10O/c1-3-8-6-5-7-10(11)9(8)4-2/h3-7,11H,1-2H2. The van der Waals surface area contributed by atoms with Crippen molar-refractivity contribution >= 4 is 12.2 Å². The molecular formula is C10H10O. The third-order valence-corrected chi connectivity index (χ3v) is 1.54. The Labute approximate surface area is 66.3 Å². The molecule has 0 fully saturated rings. The molecule has 1 aromatic rings. The summed E-state index contributed by atoms with van der Waals surface area (Å²) < 4.78 is 0. The molecule has 56 valence electrons. The Morgan fingerprint density at radius 3 is 2.36 bits per heavy atom. The second-order valence-corrected chi connectivity index (χ2v) is 2.19. The lowest BCUT2D eigenvalue weighted by molar-refractivity contribution is 0.474. The highest BCUT2D eigenvalue weighted by molar-refractivity contribution is 5.68. The van der Waals surface area contributed by atoms with E-state index in [9.17, 15) is 5.11 Å². The quantitative estimate of drug-likeness (QED) is 0.680. The number of benzene rings is 1. The average molecular weight is 146 g/mol. The van der Waals surface area contributed by atoms with E-state index < -0.39 is 0 Å². The predicted octanol–water partition coefficient (Wildman–Crippen LogP) is 2.68. The van der Waals surface area contributed by atoms with Gasteiger partial charge in [0.1, 0.15) is 5.75 Å². The van der Waals surface area contributed by atoms with Crippen LogP contribution in [-0.4, -0.2) is 5.11 Å². The molecule has 0 spiro atoms. The topological polar surface area (TPSA) is 20.2 Å². The summed E-state index contributed by atoms with van der Waals surface area (Å²) in [5, 5.41) is 9.30. The normalized spacial score (nSPS) is 9.09. The van der Waals surface area contributed by atoms with E-state index in [0.29, 0.717) is 0 Å². The van der Waals surface area contributed by atoms with Crippen molar-refractivity contribution in [3.63, 3.8) is 0 Å². The van der Waals surface area contributed by atoms with E-state index in [4.69, 9.17) is 0 Å². The summed E-state index contributed by atoms with van der Waals surface area (Å²) in [7, 11) is 0. The summed E-state index contributed by atoms with van der Waals surface area (Å²) in [6, 6.07) is 5.28. The van der Waals surface area contributed by atoms with Gasteiger partial charge in [0.25, 0.3) is 0 Å². The van der Waals surface area contributed by atoms with Crippen LogP contribution in [0.3, 0.4) is 0 Å². The molecule has 0 saturated carbocycles. The van der Waals surface area contributed by atoms with E-state index in [2.05, 4.69) is 13.2 Å². The number of hydrogen-bond donors (Lipinski definition) is 1. The van der Waals surface area contributed by atoms with Gasteiger partial charge < -0.3 is 5.11 Å². The molecule has 1 rings (SSSR count). The van der Waals surface area contributed by atoms with E-state index >= 15 is 0 Å². The van der Waals surface area contributed by atoms with Gasteiger partial charge in [-0.05, 0) is 11.6 Å². The molecule has 0 aliphatic heterocycles. The van der Waals surface area contributed by atoms with Crippen LogP contribution in [0.4, 0.5) is 0 Å². The van der Waals surface area contributed by atoms with Gasteiger partial charge in [-0.1, -0.05) is 37.4 Å². The van der Waals surface area contributed by atoms with Gasteiger partial charge in [-0.3, -0.25) is 0 Å². The monoisotopic (exact) mass is 146 g/mol. The van der Waals surface area contributed by atoms with Crippen LogP contribution in [0.2, 0.25) is 0 Å². The minimum absolute atomic E-state index is 0.248. The maximum absolute atomic E-state index is 9.30. The lowest BCUT2D eigenvalue weighted by Crippen LogP contribution is -1.79. The molecule has 0 atom stereocenters. The molecule has 1 nitrogen and oxygen atoms in total. The molecule has 1 N–H and O–H groups in total. The van der Waals surface area contributed by atoms with Crippen molar-refractivity contribution in [3.8, 4) is 5.75 Å². The number of aromatic hydroxyl groups is 1. The number of phenols is 1. The lowest BCUT2D eigenvalue weighted by Gasteiger charge is -2.01.